The fraction of sp³-hybridized carbons (Fsp3) is 0.714. The second kappa shape index (κ2) is 5.12. The zero-order valence-corrected chi connectivity index (χ0v) is 11.5. The third kappa shape index (κ3) is 2.36. The average Bonchev–Trinajstić information content (AvgIpc) is 2.47. The van der Waals surface area contributed by atoms with Crippen molar-refractivity contribution in [3.63, 3.8) is 0 Å². The van der Waals surface area contributed by atoms with E-state index in [2.05, 4.69) is 11.0 Å². The van der Waals surface area contributed by atoms with E-state index in [1.54, 1.807) is 0 Å². The minimum Gasteiger partial charge on any atom is -0.293 e. The Kier molecular flexibility index (Phi) is 3.48. The second-order valence-corrected chi connectivity index (χ2v) is 6.07. The number of hydrogen-bond donors (Lipinski definition) is 0. The first-order chi connectivity index (χ1) is 9.19. The molecule has 102 valence electrons. The first-order valence-electron chi connectivity index (χ1n) is 7.50. The highest BCUT2D eigenvalue weighted by atomic mass is 16.6. The lowest BCUT2D eigenvalue weighted by Crippen LogP contribution is -2.52. The quantitative estimate of drug-likeness (QED) is 0.444. The molecule has 0 spiro atoms. The third-order valence-corrected chi connectivity index (χ3v) is 5.03. The first-order valence-corrected chi connectivity index (χ1v) is 7.50. The van der Waals surface area contributed by atoms with Gasteiger partial charge in [0.05, 0.1) is 4.92 Å². The summed E-state index contributed by atoms with van der Waals surface area (Å²) in [4.78, 5) is 13.4. The van der Waals surface area contributed by atoms with E-state index in [9.17, 15) is 10.1 Å². The molecule has 4 rings (SSSR count). The average molecular weight is 260 g/mol. The van der Waals surface area contributed by atoms with Crippen LogP contribution in [-0.4, -0.2) is 35.7 Å². The molecule has 2 saturated heterocycles. The zero-order valence-electron chi connectivity index (χ0n) is 11.5. The standard InChI is InChI=1S/C14H21BN2O2/c1-15-13-8-12(6-7-14(13)17(18)19)16-9-10-2-4-11(16)5-3-10/h7-8,10-12,15H,2-6,9H2,1H3. The van der Waals surface area contributed by atoms with E-state index in [-0.39, 0.29) is 4.92 Å². The maximum atomic E-state index is 11.0. The van der Waals surface area contributed by atoms with E-state index in [4.69, 9.17) is 0 Å². The number of allylic oxidation sites excluding steroid dienone is 1. The lowest BCUT2D eigenvalue weighted by molar-refractivity contribution is -0.420. The Labute approximate surface area is 114 Å². The summed E-state index contributed by atoms with van der Waals surface area (Å²) in [7, 11) is 0.755. The number of hydrogen-bond acceptors (Lipinski definition) is 3. The summed E-state index contributed by atoms with van der Waals surface area (Å²) < 4.78 is 0. The van der Waals surface area contributed by atoms with Crippen molar-refractivity contribution in [3.05, 3.63) is 33.4 Å². The normalized spacial score (nSPS) is 34.7. The lowest BCUT2D eigenvalue weighted by Gasteiger charge is -2.48. The largest absolute Gasteiger partial charge is 0.293 e. The second-order valence-electron chi connectivity index (χ2n) is 6.07. The maximum Gasteiger partial charge on any atom is 0.259 e. The van der Waals surface area contributed by atoms with E-state index < -0.39 is 0 Å². The smallest absolute Gasteiger partial charge is 0.259 e. The molecule has 2 aliphatic carbocycles. The van der Waals surface area contributed by atoms with Gasteiger partial charge in [0.2, 0.25) is 0 Å². The highest BCUT2D eigenvalue weighted by Gasteiger charge is 2.37. The van der Waals surface area contributed by atoms with E-state index >= 15 is 0 Å². The van der Waals surface area contributed by atoms with Crippen LogP contribution in [0, 0.1) is 16.0 Å². The number of rotatable bonds is 3. The van der Waals surface area contributed by atoms with Crippen LogP contribution >= 0.6 is 0 Å². The molecule has 1 saturated carbocycles. The Hall–Kier alpha value is -1.10. The van der Waals surface area contributed by atoms with Gasteiger partial charge in [0, 0.05) is 18.6 Å². The van der Waals surface area contributed by atoms with Crippen LogP contribution in [0.3, 0.4) is 0 Å². The van der Waals surface area contributed by atoms with Gasteiger partial charge in [0.1, 0.15) is 0 Å². The summed E-state index contributed by atoms with van der Waals surface area (Å²) in [5.74, 6) is 0.865. The van der Waals surface area contributed by atoms with E-state index in [1.165, 1.54) is 32.2 Å². The highest BCUT2D eigenvalue weighted by Crippen LogP contribution is 2.38. The van der Waals surface area contributed by atoms with Crippen molar-refractivity contribution < 1.29 is 4.92 Å². The van der Waals surface area contributed by atoms with Gasteiger partial charge in [-0.05, 0) is 49.6 Å². The Bertz CT molecular complexity index is 439. The molecule has 4 nitrogen and oxygen atoms in total. The summed E-state index contributed by atoms with van der Waals surface area (Å²) in [6.45, 7) is 3.21. The Morgan fingerprint density at radius 3 is 2.63 bits per heavy atom. The molecule has 1 atom stereocenters. The van der Waals surface area contributed by atoms with Crippen molar-refractivity contribution >= 4 is 7.28 Å². The van der Waals surface area contributed by atoms with Gasteiger partial charge in [0.15, 0.2) is 7.28 Å². The summed E-state index contributed by atoms with van der Waals surface area (Å²) in [6.07, 6.45) is 10.2. The maximum absolute atomic E-state index is 11.0. The van der Waals surface area contributed by atoms with Gasteiger partial charge in [-0.15, -0.1) is 0 Å². The molecular weight excluding hydrogens is 239 g/mol. The molecule has 0 N–H and O–H groups in total. The van der Waals surface area contributed by atoms with Crippen molar-refractivity contribution in [2.24, 2.45) is 5.92 Å². The van der Waals surface area contributed by atoms with Gasteiger partial charge >= 0.3 is 0 Å². The van der Waals surface area contributed by atoms with Gasteiger partial charge < -0.3 is 0 Å². The van der Waals surface area contributed by atoms with E-state index in [0.717, 1.165) is 31.1 Å². The van der Waals surface area contributed by atoms with Gasteiger partial charge in [-0.3, -0.25) is 15.0 Å². The van der Waals surface area contributed by atoms with Gasteiger partial charge in [0.25, 0.3) is 5.70 Å². The molecule has 0 aromatic rings. The van der Waals surface area contributed by atoms with E-state index in [0.29, 0.717) is 11.7 Å². The summed E-state index contributed by atoms with van der Waals surface area (Å²) in [6, 6.07) is 1.11. The first kappa shape index (κ1) is 12.9. The van der Waals surface area contributed by atoms with Crippen LogP contribution in [0.1, 0.15) is 32.1 Å². The molecule has 2 heterocycles. The zero-order chi connectivity index (χ0) is 13.4. The van der Waals surface area contributed by atoms with Crippen LogP contribution in [0.15, 0.2) is 23.3 Å². The predicted molar refractivity (Wildman–Crippen MR) is 77.0 cm³/mol. The number of fused-ring (bicyclic) bond motifs is 3. The topological polar surface area (TPSA) is 46.4 Å². The van der Waals surface area contributed by atoms with Crippen LogP contribution in [-0.2, 0) is 0 Å². The predicted octanol–water partition coefficient (Wildman–Crippen LogP) is 2.16. The van der Waals surface area contributed by atoms with Gasteiger partial charge in [-0.1, -0.05) is 12.9 Å². The fourth-order valence-corrected chi connectivity index (χ4v) is 3.98. The molecule has 2 bridgehead atoms. The molecule has 5 heteroatoms. The van der Waals surface area contributed by atoms with Crippen LogP contribution in [0.5, 0.6) is 0 Å². The van der Waals surface area contributed by atoms with Crippen LogP contribution in [0.4, 0.5) is 0 Å². The Morgan fingerprint density at radius 1 is 1.37 bits per heavy atom. The highest BCUT2D eigenvalue weighted by molar-refractivity contribution is 6.45. The molecule has 19 heavy (non-hydrogen) atoms. The summed E-state index contributed by atoms with van der Waals surface area (Å²) in [5.41, 5.74) is 1.25. The Balaban J connectivity index is 1.77. The molecular formula is C14H21BN2O2. The van der Waals surface area contributed by atoms with Crippen LogP contribution in [0.2, 0.25) is 6.82 Å². The molecule has 0 aromatic carbocycles. The SMILES string of the molecule is CBC1=CC(N2CC3CCC2CC3)CC=C1[N+](=O)[O-]. The molecule has 0 radical (unpaired) electrons. The van der Waals surface area contributed by atoms with Crippen molar-refractivity contribution in [3.8, 4) is 0 Å². The monoisotopic (exact) mass is 260 g/mol. The minimum atomic E-state index is -0.228. The minimum absolute atomic E-state index is 0.228. The van der Waals surface area contributed by atoms with Crippen LogP contribution in [0.25, 0.3) is 0 Å². The molecule has 1 unspecified atom stereocenters. The summed E-state index contributed by atoms with van der Waals surface area (Å²) in [5, 5.41) is 11.0. The number of piperidine rings is 2. The molecule has 4 aliphatic rings. The lowest BCUT2D eigenvalue weighted by atomic mass is 9.68. The van der Waals surface area contributed by atoms with Gasteiger partial charge in [-0.25, -0.2) is 0 Å². The van der Waals surface area contributed by atoms with E-state index in [1.807, 2.05) is 12.9 Å². The molecule has 3 fully saturated rings. The number of nitro groups is 1. The molecule has 2 aliphatic heterocycles. The Morgan fingerprint density at radius 2 is 2.11 bits per heavy atom. The molecule has 0 aromatic heterocycles. The van der Waals surface area contributed by atoms with Crippen molar-refractivity contribution in [2.45, 2.75) is 51.0 Å². The fourth-order valence-electron chi connectivity index (χ4n) is 3.98. The summed E-state index contributed by atoms with van der Waals surface area (Å²) >= 11 is 0. The van der Waals surface area contributed by atoms with Crippen molar-refractivity contribution in [1.29, 1.82) is 0 Å². The number of nitrogens with zero attached hydrogens (tertiary/aromatic N) is 2. The van der Waals surface area contributed by atoms with Gasteiger partial charge in [-0.2, -0.15) is 0 Å². The van der Waals surface area contributed by atoms with Crippen molar-refractivity contribution in [2.75, 3.05) is 6.54 Å². The third-order valence-electron chi connectivity index (χ3n) is 5.03. The van der Waals surface area contributed by atoms with Crippen molar-refractivity contribution in [1.82, 2.24) is 4.90 Å². The van der Waals surface area contributed by atoms with Crippen LogP contribution < -0.4 is 0 Å². The molecule has 0 amide bonds.